The number of imidazole rings is 1. The molecule has 3 N–H and O–H groups in total. The molecular weight excluding hydrogens is 311 g/mol. The lowest BCUT2D eigenvalue weighted by atomic mass is 10.1. The molecule has 0 aliphatic heterocycles. The third kappa shape index (κ3) is 2.64. The van der Waals surface area contributed by atoms with E-state index in [4.69, 9.17) is 4.74 Å². The predicted molar refractivity (Wildman–Crippen MR) is 74.5 cm³/mol. The van der Waals surface area contributed by atoms with Crippen LogP contribution < -0.4 is 5.44 Å². The van der Waals surface area contributed by atoms with Gasteiger partial charge in [-0.15, -0.1) is 5.10 Å². The van der Waals surface area contributed by atoms with E-state index in [1.165, 1.54) is 17.7 Å². The number of methoxy groups -OCH3 is 1. The summed E-state index contributed by atoms with van der Waals surface area (Å²) in [5, 5.41) is 13.5. The van der Waals surface area contributed by atoms with Crippen molar-refractivity contribution in [3.63, 3.8) is 0 Å². The molecule has 0 spiro atoms. The Morgan fingerprint density at radius 1 is 1.50 bits per heavy atom. The first-order valence-corrected chi connectivity index (χ1v) is 7.89. The van der Waals surface area contributed by atoms with Gasteiger partial charge < -0.3 is 14.5 Å². The van der Waals surface area contributed by atoms with Crippen molar-refractivity contribution in [3.8, 4) is 0 Å². The van der Waals surface area contributed by atoms with Gasteiger partial charge in [-0.25, -0.2) is 10.1 Å². The van der Waals surface area contributed by atoms with E-state index in [0.29, 0.717) is 17.9 Å². The minimum Gasteiger partial charge on any atom is -0.373 e. The second kappa shape index (κ2) is 5.58. The fourth-order valence-electron chi connectivity index (χ4n) is 2.23. The molecule has 11 heteroatoms. The van der Waals surface area contributed by atoms with E-state index in [1.54, 1.807) is 12.3 Å². The first kappa shape index (κ1) is 14.8. The van der Waals surface area contributed by atoms with E-state index in [9.17, 15) is 14.4 Å². The van der Waals surface area contributed by atoms with Crippen molar-refractivity contribution in [1.82, 2.24) is 30.0 Å². The molecule has 0 radical (unpaired) electrons. The van der Waals surface area contributed by atoms with Crippen molar-refractivity contribution in [3.05, 3.63) is 35.9 Å². The van der Waals surface area contributed by atoms with Crippen LogP contribution in [0, 0.1) is 0 Å². The minimum atomic E-state index is -4.39. The maximum Gasteiger partial charge on any atom is 0.374 e. The molecule has 3 heterocycles. The van der Waals surface area contributed by atoms with Crippen molar-refractivity contribution in [1.29, 1.82) is 0 Å². The zero-order valence-corrected chi connectivity index (χ0v) is 12.4. The van der Waals surface area contributed by atoms with Gasteiger partial charge in [-0.1, -0.05) is 6.07 Å². The van der Waals surface area contributed by atoms with Gasteiger partial charge in [0, 0.05) is 19.7 Å². The van der Waals surface area contributed by atoms with Gasteiger partial charge in [0.15, 0.2) is 11.3 Å². The Labute approximate surface area is 124 Å². The molecule has 3 rings (SSSR count). The third-order valence-electron chi connectivity index (χ3n) is 3.25. The van der Waals surface area contributed by atoms with Crippen molar-refractivity contribution < 1.29 is 19.1 Å². The lowest BCUT2D eigenvalue weighted by Crippen LogP contribution is -2.12. The zero-order valence-electron chi connectivity index (χ0n) is 11.5. The molecule has 10 nitrogen and oxygen atoms in total. The Hall–Kier alpha value is -2.13. The Kier molecular flexibility index (Phi) is 3.75. The summed E-state index contributed by atoms with van der Waals surface area (Å²) in [5.41, 5.74) is 1.06. The van der Waals surface area contributed by atoms with E-state index < -0.39 is 13.7 Å². The molecule has 0 bridgehead atoms. The zero-order chi connectivity index (χ0) is 15.7. The summed E-state index contributed by atoms with van der Waals surface area (Å²) in [6.07, 6.45) is 2.71. The van der Waals surface area contributed by atoms with E-state index >= 15 is 0 Å². The van der Waals surface area contributed by atoms with E-state index in [1.807, 2.05) is 6.07 Å². The first-order valence-electron chi connectivity index (χ1n) is 6.28. The lowest BCUT2D eigenvalue weighted by Gasteiger charge is -2.12. The molecule has 3 aromatic rings. The van der Waals surface area contributed by atoms with E-state index in [0.717, 1.165) is 5.56 Å². The summed E-state index contributed by atoms with van der Waals surface area (Å²) in [6, 6.07) is 3.50. The van der Waals surface area contributed by atoms with Crippen LogP contribution in [0.1, 0.15) is 17.5 Å². The number of hydrogen-bond donors (Lipinski definition) is 3. The fourth-order valence-corrected chi connectivity index (χ4v) is 2.88. The highest BCUT2D eigenvalue weighted by atomic mass is 31.2. The topological polar surface area (TPSA) is 139 Å². The molecule has 1 unspecified atom stereocenters. The number of nitrogens with one attached hydrogen (secondary N) is 1. The molecule has 0 fully saturated rings. The first-order chi connectivity index (χ1) is 10.5. The lowest BCUT2D eigenvalue weighted by molar-refractivity contribution is 0.0963. The van der Waals surface area contributed by atoms with Crippen LogP contribution in [0.15, 0.2) is 24.5 Å². The van der Waals surface area contributed by atoms with Gasteiger partial charge in [0.25, 0.3) is 0 Å². The van der Waals surface area contributed by atoms with Crippen molar-refractivity contribution in [2.24, 2.45) is 0 Å². The molecule has 0 aliphatic carbocycles. The number of H-pyrrole nitrogens is 1. The highest BCUT2D eigenvalue weighted by molar-refractivity contribution is 7.60. The summed E-state index contributed by atoms with van der Waals surface area (Å²) in [4.78, 5) is 22.8. The standard InChI is InChI=1S/C11H13N6O4P/c1-21-8(10-13-15-16-14-10)5-7-3-2-4-17-9(22(18,19)20)6-12-11(7)17/h2-4,6,8H,5H2,1H3,(H2,18,19,20)(H,13,14,15,16). The average Bonchev–Trinajstić information content (AvgIpc) is 3.13. The molecule has 0 amide bonds. The van der Waals surface area contributed by atoms with Gasteiger partial charge >= 0.3 is 7.60 Å². The molecule has 0 saturated carbocycles. The van der Waals surface area contributed by atoms with Gasteiger partial charge in [-0.2, -0.15) is 0 Å². The third-order valence-corrected chi connectivity index (χ3v) is 4.18. The van der Waals surface area contributed by atoms with Gasteiger partial charge in [0.2, 0.25) is 0 Å². The van der Waals surface area contributed by atoms with Crippen molar-refractivity contribution in [2.45, 2.75) is 12.5 Å². The summed E-state index contributed by atoms with van der Waals surface area (Å²) < 4.78 is 18.2. The highest BCUT2D eigenvalue weighted by Crippen LogP contribution is 2.33. The van der Waals surface area contributed by atoms with Crippen LogP contribution in [0.2, 0.25) is 0 Å². The number of hydrogen-bond acceptors (Lipinski definition) is 6. The Morgan fingerprint density at radius 3 is 2.95 bits per heavy atom. The normalized spacial score (nSPS) is 13.6. The minimum absolute atomic E-state index is 0.153. The molecule has 1 atom stereocenters. The SMILES string of the molecule is COC(Cc1cccn2c(P(=O)(O)O)cnc12)c1nnn[nH]1. The second-order valence-corrected chi connectivity index (χ2v) is 6.15. The molecule has 0 saturated heterocycles. The monoisotopic (exact) mass is 324 g/mol. The van der Waals surface area contributed by atoms with Crippen LogP contribution in [0.25, 0.3) is 5.65 Å². The smallest absolute Gasteiger partial charge is 0.373 e. The number of fused-ring (bicyclic) bond motifs is 1. The molecule has 3 aromatic heterocycles. The van der Waals surface area contributed by atoms with Crippen LogP contribution in [0.3, 0.4) is 0 Å². The Bertz CT molecular complexity index is 826. The quantitative estimate of drug-likeness (QED) is 0.538. The predicted octanol–water partition coefficient (Wildman–Crippen LogP) is -0.419. The van der Waals surface area contributed by atoms with Gasteiger partial charge in [0.1, 0.15) is 11.8 Å². The summed E-state index contributed by atoms with van der Waals surface area (Å²) in [5.74, 6) is 0.464. The maximum absolute atomic E-state index is 11.5. The number of aromatic nitrogens is 6. The van der Waals surface area contributed by atoms with Crippen LogP contribution in [0.4, 0.5) is 0 Å². The highest BCUT2D eigenvalue weighted by Gasteiger charge is 2.24. The van der Waals surface area contributed by atoms with Crippen LogP contribution in [0.5, 0.6) is 0 Å². The number of pyridine rings is 1. The number of tetrazole rings is 1. The van der Waals surface area contributed by atoms with Crippen LogP contribution in [-0.2, 0) is 15.7 Å². The number of ether oxygens (including phenoxy) is 1. The van der Waals surface area contributed by atoms with Crippen molar-refractivity contribution in [2.75, 3.05) is 7.11 Å². The Morgan fingerprint density at radius 2 is 2.32 bits per heavy atom. The summed E-state index contributed by atoms with van der Waals surface area (Å²) in [6.45, 7) is 0. The maximum atomic E-state index is 11.5. The molecule has 0 aromatic carbocycles. The second-order valence-electron chi connectivity index (χ2n) is 4.60. The fraction of sp³-hybridized carbons (Fsp3) is 0.273. The number of nitrogens with zero attached hydrogens (tertiary/aromatic N) is 5. The van der Waals surface area contributed by atoms with Crippen LogP contribution in [-0.4, -0.2) is 46.9 Å². The van der Waals surface area contributed by atoms with Crippen LogP contribution >= 0.6 is 7.60 Å². The van der Waals surface area contributed by atoms with E-state index in [2.05, 4.69) is 25.6 Å². The molecular formula is C11H13N6O4P. The number of rotatable bonds is 5. The average molecular weight is 324 g/mol. The summed E-state index contributed by atoms with van der Waals surface area (Å²) >= 11 is 0. The number of aromatic amines is 1. The van der Waals surface area contributed by atoms with Crippen molar-refractivity contribution >= 4 is 18.7 Å². The molecule has 116 valence electrons. The largest absolute Gasteiger partial charge is 0.374 e. The van der Waals surface area contributed by atoms with E-state index in [-0.39, 0.29) is 5.44 Å². The van der Waals surface area contributed by atoms with Gasteiger partial charge in [-0.3, -0.25) is 8.97 Å². The molecule has 22 heavy (non-hydrogen) atoms. The molecule has 0 aliphatic rings. The van der Waals surface area contributed by atoms with Gasteiger partial charge in [-0.05, 0) is 22.1 Å². The Balaban J connectivity index is 2.01. The summed E-state index contributed by atoms with van der Waals surface area (Å²) in [7, 11) is -2.87. The van der Waals surface area contributed by atoms with Gasteiger partial charge in [0.05, 0.1) is 6.20 Å².